The molecule has 154 valence electrons. The van der Waals surface area contributed by atoms with Gasteiger partial charge in [-0.15, -0.1) is 0 Å². The molecule has 3 heterocycles. The molecule has 2 aromatic rings. The number of amides is 2. The van der Waals surface area contributed by atoms with E-state index in [-0.39, 0.29) is 30.2 Å². The van der Waals surface area contributed by atoms with Crippen LogP contribution in [0.15, 0.2) is 47.1 Å². The third-order valence-corrected chi connectivity index (χ3v) is 6.13. The number of carbonyl (C=O) groups excluding carboxylic acids is 2. The van der Waals surface area contributed by atoms with Crippen LogP contribution in [-0.4, -0.2) is 42.9 Å². The Hall–Kier alpha value is -2.31. The lowest BCUT2D eigenvalue weighted by molar-refractivity contribution is -0.126. The first-order valence-electron chi connectivity index (χ1n) is 10.2. The summed E-state index contributed by atoms with van der Waals surface area (Å²) in [5, 5.41) is 3.58. The highest BCUT2D eigenvalue weighted by molar-refractivity contribution is 6.33. The van der Waals surface area contributed by atoms with Gasteiger partial charge in [-0.1, -0.05) is 30.2 Å². The molecule has 2 saturated heterocycles. The summed E-state index contributed by atoms with van der Waals surface area (Å²) in [6.45, 7) is 2.83. The van der Waals surface area contributed by atoms with Gasteiger partial charge >= 0.3 is 0 Å². The number of piperidine rings is 1. The Morgan fingerprint density at radius 3 is 2.69 bits per heavy atom. The zero-order chi connectivity index (χ0) is 20.2. The van der Waals surface area contributed by atoms with Crippen LogP contribution in [0.25, 0.3) is 0 Å². The van der Waals surface area contributed by atoms with Crippen LogP contribution in [-0.2, 0) is 9.59 Å². The van der Waals surface area contributed by atoms with Crippen LogP contribution in [0.1, 0.15) is 37.5 Å². The summed E-state index contributed by atoms with van der Waals surface area (Å²) in [5.41, 5.74) is 0.663. The number of nitrogens with zero attached hydrogens (tertiary/aromatic N) is 2. The summed E-state index contributed by atoms with van der Waals surface area (Å²) < 4.78 is 5.64. The van der Waals surface area contributed by atoms with Gasteiger partial charge in [0.2, 0.25) is 11.8 Å². The normalized spacial score (nSPS) is 21.3. The van der Waals surface area contributed by atoms with Gasteiger partial charge in [0.25, 0.3) is 0 Å². The molecule has 2 unspecified atom stereocenters. The van der Waals surface area contributed by atoms with E-state index in [1.54, 1.807) is 17.2 Å². The molecule has 1 N–H and O–H groups in total. The quantitative estimate of drug-likeness (QED) is 0.782. The number of halogens is 1. The molecule has 2 aliphatic rings. The van der Waals surface area contributed by atoms with Gasteiger partial charge in [0.1, 0.15) is 5.76 Å². The topological polar surface area (TPSA) is 65.8 Å². The van der Waals surface area contributed by atoms with Gasteiger partial charge in [-0.2, -0.15) is 0 Å². The molecule has 0 aliphatic carbocycles. The van der Waals surface area contributed by atoms with Gasteiger partial charge in [0, 0.05) is 19.5 Å². The Balaban J connectivity index is 1.39. The number of rotatable bonds is 6. The number of carbonyl (C=O) groups is 2. The third kappa shape index (κ3) is 4.49. The SMILES string of the molecule is O=C(NCC(c1ccco1)N1CCCCC1)C1CC(=O)N(c2ccccc2Cl)C1. The molecule has 0 saturated carbocycles. The van der Waals surface area contributed by atoms with E-state index in [2.05, 4.69) is 10.2 Å². The minimum absolute atomic E-state index is 0.0195. The fourth-order valence-electron chi connectivity index (χ4n) is 4.25. The number of para-hydroxylation sites is 1. The second kappa shape index (κ2) is 9.01. The van der Waals surface area contributed by atoms with Crippen molar-refractivity contribution in [2.45, 2.75) is 31.7 Å². The van der Waals surface area contributed by atoms with E-state index in [1.165, 1.54) is 6.42 Å². The summed E-state index contributed by atoms with van der Waals surface area (Å²) in [6.07, 6.45) is 5.44. The minimum Gasteiger partial charge on any atom is -0.468 e. The average Bonchev–Trinajstić information content (AvgIpc) is 3.39. The van der Waals surface area contributed by atoms with E-state index in [9.17, 15) is 9.59 Å². The first-order valence-corrected chi connectivity index (χ1v) is 10.6. The molecule has 29 heavy (non-hydrogen) atoms. The highest BCUT2D eigenvalue weighted by Crippen LogP contribution is 2.31. The molecule has 1 aromatic carbocycles. The molecule has 2 fully saturated rings. The number of furan rings is 1. The number of anilines is 1. The monoisotopic (exact) mass is 415 g/mol. The van der Waals surface area contributed by atoms with E-state index >= 15 is 0 Å². The van der Waals surface area contributed by atoms with Crippen LogP contribution >= 0.6 is 11.6 Å². The van der Waals surface area contributed by atoms with Gasteiger partial charge in [-0.3, -0.25) is 14.5 Å². The molecule has 0 radical (unpaired) electrons. The Morgan fingerprint density at radius 2 is 1.97 bits per heavy atom. The lowest BCUT2D eigenvalue weighted by Crippen LogP contribution is -2.42. The van der Waals surface area contributed by atoms with Gasteiger partial charge in [0.05, 0.1) is 28.9 Å². The van der Waals surface area contributed by atoms with Crippen molar-refractivity contribution in [2.75, 3.05) is 31.1 Å². The van der Waals surface area contributed by atoms with E-state index in [0.717, 1.165) is 31.7 Å². The average molecular weight is 416 g/mol. The molecular weight excluding hydrogens is 390 g/mol. The fourth-order valence-corrected chi connectivity index (χ4v) is 4.49. The van der Waals surface area contributed by atoms with Crippen molar-refractivity contribution in [1.82, 2.24) is 10.2 Å². The van der Waals surface area contributed by atoms with Crippen molar-refractivity contribution >= 4 is 29.1 Å². The van der Waals surface area contributed by atoms with Crippen LogP contribution in [0.3, 0.4) is 0 Å². The minimum atomic E-state index is -0.377. The highest BCUT2D eigenvalue weighted by Gasteiger charge is 2.36. The first kappa shape index (κ1) is 20.0. The Kier molecular flexibility index (Phi) is 6.21. The van der Waals surface area contributed by atoms with Crippen LogP contribution < -0.4 is 10.2 Å². The summed E-state index contributed by atoms with van der Waals surface area (Å²) in [6, 6.07) is 11.1. The second-order valence-corrected chi connectivity index (χ2v) is 8.14. The van der Waals surface area contributed by atoms with Crippen LogP contribution in [0, 0.1) is 5.92 Å². The largest absolute Gasteiger partial charge is 0.468 e. The van der Waals surface area contributed by atoms with Crippen LogP contribution in [0.2, 0.25) is 5.02 Å². The van der Waals surface area contributed by atoms with Crippen molar-refractivity contribution in [2.24, 2.45) is 5.92 Å². The Bertz CT molecular complexity index is 849. The number of nitrogens with one attached hydrogen (secondary N) is 1. The number of hydrogen-bond acceptors (Lipinski definition) is 4. The summed E-state index contributed by atoms with van der Waals surface area (Å²) >= 11 is 6.23. The van der Waals surface area contributed by atoms with Gasteiger partial charge in [0.15, 0.2) is 0 Å². The first-order chi connectivity index (χ1) is 14.1. The Morgan fingerprint density at radius 1 is 1.17 bits per heavy atom. The highest BCUT2D eigenvalue weighted by atomic mass is 35.5. The van der Waals surface area contributed by atoms with Crippen molar-refractivity contribution < 1.29 is 14.0 Å². The maximum absolute atomic E-state index is 12.8. The van der Waals surface area contributed by atoms with Crippen molar-refractivity contribution in [3.8, 4) is 0 Å². The molecule has 2 aliphatic heterocycles. The smallest absolute Gasteiger partial charge is 0.227 e. The van der Waals surface area contributed by atoms with Crippen molar-refractivity contribution in [3.63, 3.8) is 0 Å². The molecule has 2 amide bonds. The molecule has 1 aromatic heterocycles. The van der Waals surface area contributed by atoms with E-state index in [0.29, 0.717) is 23.8 Å². The maximum Gasteiger partial charge on any atom is 0.227 e. The van der Waals surface area contributed by atoms with Gasteiger partial charge < -0.3 is 14.6 Å². The molecule has 6 nitrogen and oxygen atoms in total. The third-order valence-electron chi connectivity index (χ3n) is 5.81. The van der Waals surface area contributed by atoms with Crippen molar-refractivity contribution in [1.29, 1.82) is 0 Å². The zero-order valence-electron chi connectivity index (χ0n) is 16.4. The van der Waals surface area contributed by atoms with Crippen LogP contribution in [0.5, 0.6) is 0 Å². The molecule has 0 bridgehead atoms. The number of benzene rings is 1. The van der Waals surface area contributed by atoms with Gasteiger partial charge in [-0.25, -0.2) is 0 Å². The maximum atomic E-state index is 12.8. The molecule has 4 rings (SSSR count). The molecule has 7 heteroatoms. The number of likely N-dealkylation sites (tertiary alicyclic amines) is 1. The summed E-state index contributed by atoms with van der Waals surface area (Å²) in [7, 11) is 0. The lowest BCUT2D eigenvalue weighted by atomic mass is 10.1. The van der Waals surface area contributed by atoms with Crippen molar-refractivity contribution in [3.05, 3.63) is 53.4 Å². The summed E-state index contributed by atoms with van der Waals surface area (Å²) in [4.78, 5) is 29.3. The van der Waals surface area contributed by atoms with Gasteiger partial charge in [-0.05, 0) is 50.2 Å². The second-order valence-electron chi connectivity index (χ2n) is 7.73. The van der Waals surface area contributed by atoms with E-state index in [1.807, 2.05) is 30.3 Å². The standard InChI is InChI=1S/C22H26ClN3O3/c23-17-7-2-3-8-18(17)26-15-16(13-21(26)27)22(28)24-14-19(20-9-6-12-29-20)25-10-4-1-5-11-25/h2-3,6-9,12,16,19H,1,4-5,10-11,13-15H2,(H,24,28). The summed E-state index contributed by atoms with van der Waals surface area (Å²) in [5.74, 6) is 0.322. The van der Waals surface area contributed by atoms with E-state index < -0.39 is 0 Å². The van der Waals surface area contributed by atoms with Crippen LogP contribution in [0.4, 0.5) is 5.69 Å². The number of hydrogen-bond donors (Lipinski definition) is 1. The predicted octanol–water partition coefficient (Wildman–Crippen LogP) is 3.63. The lowest BCUT2D eigenvalue weighted by Gasteiger charge is -2.33. The Labute approximate surface area is 175 Å². The van der Waals surface area contributed by atoms with E-state index in [4.69, 9.17) is 16.0 Å². The zero-order valence-corrected chi connectivity index (χ0v) is 17.1. The predicted molar refractivity (Wildman–Crippen MR) is 112 cm³/mol. The molecule has 2 atom stereocenters. The molecule has 0 spiro atoms. The fraction of sp³-hybridized carbons (Fsp3) is 0.455. The molecular formula is C22H26ClN3O3.